The van der Waals surface area contributed by atoms with Gasteiger partial charge in [-0.3, -0.25) is 0 Å². The topological polar surface area (TPSA) is 69.9 Å². The average molecular weight is 369 g/mol. The van der Waals surface area contributed by atoms with E-state index in [2.05, 4.69) is 32.2 Å². The van der Waals surface area contributed by atoms with Gasteiger partial charge in [-0.25, -0.2) is 0 Å². The Kier molecular flexibility index (Phi) is 13.2. The first-order valence-corrected chi connectivity index (χ1v) is 9.43. The number of aliphatic hydroxyl groups is 3. The van der Waals surface area contributed by atoms with Crippen LogP contribution in [0.15, 0.2) is 60.4 Å². The smallest absolute Gasteiger partial charge is 0.167 e. The molecule has 0 heterocycles. The van der Waals surface area contributed by atoms with Crippen LogP contribution < -0.4 is 0 Å². The first-order chi connectivity index (χ1) is 12.0. The molecule has 0 aliphatic rings. The van der Waals surface area contributed by atoms with Crippen molar-refractivity contribution in [3.8, 4) is 0 Å². The van der Waals surface area contributed by atoms with Crippen LogP contribution in [0.1, 0.15) is 33.6 Å². The number of rotatable bonds is 13. The molecule has 5 heteroatoms. The van der Waals surface area contributed by atoms with E-state index in [1.165, 1.54) is 11.8 Å². The maximum atomic E-state index is 9.66. The summed E-state index contributed by atoms with van der Waals surface area (Å²) in [4.78, 5) is 0. The zero-order valence-electron chi connectivity index (χ0n) is 15.5. The lowest BCUT2D eigenvalue weighted by Crippen LogP contribution is -2.28. The first-order valence-electron chi connectivity index (χ1n) is 8.48. The SMILES string of the molecule is C=C/C(CC(/C=C\CC)=C/C)=C(\C=C)OC(CO)SC(CO)C(C)O. The van der Waals surface area contributed by atoms with Crippen LogP contribution in [-0.2, 0) is 4.74 Å². The first kappa shape index (κ1) is 23.7. The minimum absolute atomic E-state index is 0.200. The number of aliphatic hydroxyl groups excluding tert-OH is 3. The van der Waals surface area contributed by atoms with Gasteiger partial charge in [-0.1, -0.05) is 44.4 Å². The number of thioether (sulfide) groups is 1. The second-order valence-corrected chi connectivity index (χ2v) is 6.88. The lowest BCUT2D eigenvalue weighted by Gasteiger charge is -2.24. The number of ether oxygens (including phenoxy) is 1. The molecule has 0 aromatic heterocycles. The van der Waals surface area contributed by atoms with Gasteiger partial charge in [0.25, 0.3) is 0 Å². The van der Waals surface area contributed by atoms with Crippen molar-refractivity contribution in [3.63, 3.8) is 0 Å². The molecule has 0 saturated heterocycles. The Morgan fingerprint density at radius 3 is 2.28 bits per heavy atom. The molecule has 4 nitrogen and oxygen atoms in total. The molecule has 3 atom stereocenters. The van der Waals surface area contributed by atoms with E-state index in [0.717, 1.165) is 17.6 Å². The van der Waals surface area contributed by atoms with Gasteiger partial charge in [0.2, 0.25) is 0 Å². The molecule has 0 fully saturated rings. The molecular formula is C20H32O4S. The Balaban J connectivity index is 5.31. The maximum Gasteiger partial charge on any atom is 0.167 e. The van der Waals surface area contributed by atoms with E-state index in [1.807, 2.05) is 13.0 Å². The zero-order chi connectivity index (χ0) is 19.2. The Bertz CT molecular complexity index is 492. The van der Waals surface area contributed by atoms with E-state index < -0.39 is 16.8 Å². The summed E-state index contributed by atoms with van der Waals surface area (Å²) in [7, 11) is 0. The molecule has 0 aromatic rings. The van der Waals surface area contributed by atoms with Crippen molar-refractivity contribution in [2.24, 2.45) is 0 Å². The van der Waals surface area contributed by atoms with Crippen LogP contribution in [0.25, 0.3) is 0 Å². The van der Waals surface area contributed by atoms with Crippen molar-refractivity contribution in [2.75, 3.05) is 13.2 Å². The second-order valence-electron chi connectivity index (χ2n) is 5.48. The molecule has 3 N–H and O–H groups in total. The van der Waals surface area contributed by atoms with E-state index in [9.17, 15) is 15.3 Å². The fourth-order valence-electron chi connectivity index (χ4n) is 2.02. The van der Waals surface area contributed by atoms with Crippen LogP contribution in [0.4, 0.5) is 0 Å². The van der Waals surface area contributed by atoms with Crippen molar-refractivity contribution >= 4 is 11.8 Å². The van der Waals surface area contributed by atoms with Gasteiger partial charge in [-0.05, 0) is 37.5 Å². The molecule has 0 bridgehead atoms. The van der Waals surface area contributed by atoms with Crippen molar-refractivity contribution in [1.82, 2.24) is 0 Å². The number of allylic oxidation sites excluding steroid dienone is 7. The van der Waals surface area contributed by atoms with Crippen molar-refractivity contribution in [2.45, 2.75) is 50.4 Å². The molecule has 0 rings (SSSR count). The van der Waals surface area contributed by atoms with E-state index in [0.29, 0.717) is 12.2 Å². The van der Waals surface area contributed by atoms with Gasteiger partial charge < -0.3 is 20.1 Å². The molecule has 3 unspecified atom stereocenters. The normalized spacial score (nSPS) is 17.0. The summed E-state index contributed by atoms with van der Waals surface area (Å²) in [6, 6.07) is 0. The summed E-state index contributed by atoms with van der Waals surface area (Å²) in [5.41, 5.74) is 1.38. The van der Waals surface area contributed by atoms with Crippen LogP contribution in [0.3, 0.4) is 0 Å². The van der Waals surface area contributed by atoms with Gasteiger partial charge >= 0.3 is 0 Å². The van der Waals surface area contributed by atoms with Crippen LogP contribution >= 0.6 is 11.8 Å². The minimum Gasteiger partial charge on any atom is -0.477 e. The summed E-state index contributed by atoms with van der Waals surface area (Å²) in [5, 5.41) is 28.1. The molecule has 0 saturated carbocycles. The number of hydrogen-bond acceptors (Lipinski definition) is 5. The molecule has 0 spiro atoms. The quantitative estimate of drug-likeness (QED) is 0.263. The fourth-order valence-corrected chi connectivity index (χ4v) is 2.96. The summed E-state index contributed by atoms with van der Waals surface area (Å²) < 4.78 is 5.86. The fraction of sp³-hybridized carbons (Fsp3) is 0.500. The van der Waals surface area contributed by atoms with Crippen molar-refractivity contribution in [1.29, 1.82) is 0 Å². The summed E-state index contributed by atoms with van der Waals surface area (Å²) >= 11 is 1.19. The monoisotopic (exact) mass is 368 g/mol. The standard InChI is InChI=1S/C20H32O4S/c1-6-10-11-16(7-2)12-17(8-3)18(9-4)24-20(14-22)25-19(13-21)15(5)23/h7-11,15,19-23H,3-4,6,12-14H2,1-2,5H3/b11-10-,16-7+,18-17-. The third kappa shape index (κ3) is 9.12. The Labute approximate surface area is 156 Å². The Morgan fingerprint density at radius 1 is 1.20 bits per heavy atom. The van der Waals surface area contributed by atoms with Gasteiger partial charge in [0.05, 0.1) is 24.6 Å². The summed E-state index contributed by atoms with van der Waals surface area (Å²) in [5.74, 6) is 0.535. The highest BCUT2D eigenvalue weighted by atomic mass is 32.2. The third-order valence-corrected chi connectivity index (χ3v) is 4.97. The van der Waals surface area contributed by atoms with E-state index >= 15 is 0 Å². The molecule has 0 aromatic carbocycles. The largest absolute Gasteiger partial charge is 0.477 e. The Hall–Kier alpha value is -1.27. The molecule has 0 aliphatic heterocycles. The average Bonchev–Trinajstić information content (AvgIpc) is 2.62. The lowest BCUT2D eigenvalue weighted by molar-refractivity contribution is 0.119. The van der Waals surface area contributed by atoms with Gasteiger partial charge in [-0.15, -0.1) is 11.8 Å². The molecule has 0 aliphatic carbocycles. The van der Waals surface area contributed by atoms with Crippen LogP contribution in [0, 0.1) is 0 Å². The zero-order valence-corrected chi connectivity index (χ0v) is 16.3. The summed E-state index contributed by atoms with van der Waals surface area (Å²) in [6.45, 7) is 12.8. The van der Waals surface area contributed by atoms with Crippen LogP contribution in [0.2, 0.25) is 0 Å². The molecule has 0 radical (unpaired) electrons. The van der Waals surface area contributed by atoms with Crippen molar-refractivity contribution in [3.05, 3.63) is 60.4 Å². The predicted molar refractivity (Wildman–Crippen MR) is 107 cm³/mol. The van der Waals surface area contributed by atoms with E-state index in [-0.39, 0.29) is 13.2 Å². The van der Waals surface area contributed by atoms with Gasteiger partial charge in [0, 0.05) is 6.42 Å². The van der Waals surface area contributed by atoms with Crippen LogP contribution in [-0.4, -0.2) is 45.3 Å². The Morgan fingerprint density at radius 2 is 1.88 bits per heavy atom. The van der Waals surface area contributed by atoms with E-state index in [4.69, 9.17) is 4.74 Å². The maximum absolute atomic E-state index is 9.66. The molecule has 0 amide bonds. The minimum atomic E-state index is -0.712. The second kappa shape index (κ2) is 14.0. The van der Waals surface area contributed by atoms with Gasteiger partial charge in [0.15, 0.2) is 5.44 Å². The highest BCUT2D eigenvalue weighted by Gasteiger charge is 2.22. The predicted octanol–water partition coefficient (Wildman–Crippen LogP) is 3.73. The van der Waals surface area contributed by atoms with Gasteiger partial charge in [-0.2, -0.15) is 0 Å². The molecular weight excluding hydrogens is 336 g/mol. The van der Waals surface area contributed by atoms with Gasteiger partial charge in [0.1, 0.15) is 5.76 Å². The summed E-state index contributed by atoms with van der Waals surface area (Å²) in [6.07, 6.45) is 10.4. The van der Waals surface area contributed by atoms with Crippen LogP contribution in [0.5, 0.6) is 0 Å². The van der Waals surface area contributed by atoms with E-state index in [1.54, 1.807) is 19.1 Å². The third-order valence-electron chi connectivity index (χ3n) is 3.53. The number of hydrogen-bond donors (Lipinski definition) is 3. The lowest BCUT2D eigenvalue weighted by atomic mass is 10.0. The highest BCUT2D eigenvalue weighted by molar-refractivity contribution is 8.00. The highest BCUT2D eigenvalue weighted by Crippen LogP contribution is 2.27. The van der Waals surface area contributed by atoms with Crippen molar-refractivity contribution < 1.29 is 20.1 Å². The molecule has 142 valence electrons. The molecule has 25 heavy (non-hydrogen) atoms.